The zero-order valence-electron chi connectivity index (χ0n) is 17.5. The largest absolute Gasteiger partial charge is 0.478 e. The van der Waals surface area contributed by atoms with Crippen molar-refractivity contribution in [3.05, 3.63) is 54.1 Å². The topological polar surface area (TPSA) is 89.9 Å². The molecule has 2 aliphatic heterocycles. The summed E-state index contributed by atoms with van der Waals surface area (Å²) in [5.74, 6) is -0.540. The molecule has 0 radical (unpaired) electrons. The fourth-order valence-corrected chi connectivity index (χ4v) is 5.69. The lowest BCUT2D eigenvalue weighted by Crippen LogP contribution is -2.41. The highest BCUT2D eigenvalue weighted by Gasteiger charge is 2.26. The molecular formula is C23H29N3O4S. The Morgan fingerprint density at radius 3 is 2.48 bits per heavy atom. The smallest absolute Gasteiger partial charge is 0.337 e. The summed E-state index contributed by atoms with van der Waals surface area (Å²) in [5.41, 5.74) is 1.02. The molecule has 0 amide bonds. The molecule has 166 valence electrons. The lowest BCUT2D eigenvalue weighted by Gasteiger charge is -2.36. The third-order valence-corrected chi connectivity index (χ3v) is 7.50. The Bertz CT molecular complexity index is 1020. The van der Waals surface area contributed by atoms with Gasteiger partial charge in [-0.3, -0.25) is 4.72 Å². The van der Waals surface area contributed by atoms with Crippen molar-refractivity contribution in [1.82, 2.24) is 4.90 Å². The van der Waals surface area contributed by atoms with Gasteiger partial charge in [0, 0.05) is 25.3 Å². The number of sulfonamides is 1. The molecule has 2 fully saturated rings. The van der Waals surface area contributed by atoms with Crippen LogP contribution in [0.15, 0.2) is 53.4 Å². The van der Waals surface area contributed by atoms with Gasteiger partial charge in [-0.25, -0.2) is 13.2 Å². The fraction of sp³-hybridized carbons (Fsp3) is 0.435. The van der Waals surface area contributed by atoms with Gasteiger partial charge in [-0.05, 0) is 75.0 Å². The lowest BCUT2D eigenvalue weighted by molar-refractivity contribution is 0.0697. The Hall–Kier alpha value is -2.58. The van der Waals surface area contributed by atoms with Crippen LogP contribution in [0.2, 0.25) is 0 Å². The number of likely N-dealkylation sites (tertiary alicyclic amines) is 1. The number of carboxylic acid groups (broad SMARTS) is 1. The first-order chi connectivity index (χ1) is 14.9. The van der Waals surface area contributed by atoms with Crippen molar-refractivity contribution in [3.63, 3.8) is 0 Å². The molecule has 2 heterocycles. The van der Waals surface area contributed by atoms with Crippen LogP contribution in [0, 0.1) is 5.92 Å². The third kappa shape index (κ3) is 5.19. The summed E-state index contributed by atoms with van der Waals surface area (Å²) < 4.78 is 27.7. The van der Waals surface area contributed by atoms with Crippen LogP contribution in [-0.4, -0.2) is 57.1 Å². The minimum absolute atomic E-state index is 0.120. The predicted molar refractivity (Wildman–Crippen MR) is 121 cm³/mol. The van der Waals surface area contributed by atoms with Crippen LogP contribution in [0.4, 0.5) is 11.4 Å². The summed E-state index contributed by atoms with van der Waals surface area (Å²) in [6.07, 6.45) is 4.71. The molecular weight excluding hydrogens is 414 g/mol. The van der Waals surface area contributed by atoms with Gasteiger partial charge < -0.3 is 14.9 Å². The molecule has 2 saturated heterocycles. The maximum atomic E-state index is 12.6. The first kappa shape index (κ1) is 21.6. The van der Waals surface area contributed by atoms with E-state index in [0.29, 0.717) is 11.6 Å². The minimum atomic E-state index is -3.78. The van der Waals surface area contributed by atoms with Crippen molar-refractivity contribution >= 4 is 27.4 Å². The molecule has 0 unspecified atom stereocenters. The number of aromatic carboxylic acids is 1. The van der Waals surface area contributed by atoms with E-state index in [4.69, 9.17) is 0 Å². The Kier molecular flexibility index (Phi) is 6.48. The second-order valence-electron chi connectivity index (χ2n) is 8.42. The molecule has 0 saturated carbocycles. The normalized spacial score (nSPS) is 20.0. The highest BCUT2D eigenvalue weighted by molar-refractivity contribution is 7.92. The highest BCUT2D eigenvalue weighted by atomic mass is 32.2. The standard InChI is InChI=1S/C23H29N3O4S/c27-23(28)21-15-19(24-31(29,30)20-8-2-1-3-9-20)10-11-22(21)26-14-6-7-18(17-26)16-25-12-4-5-13-25/h1-3,8-11,15,18,24H,4-7,12-14,16-17H2,(H,27,28)/t18-/m0/s1. The maximum absolute atomic E-state index is 12.6. The van der Waals surface area contributed by atoms with Gasteiger partial charge in [0.2, 0.25) is 0 Å². The SMILES string of the molecule is O=C(O)c1cc(NS(=O)(=O)c2ccccc2)ccc1N1CCC[C@@H](CN2CCCC2)C1. The van der Waals surface area contributed by atoms with Crippen molar-refractivity contribution in [2.75, 3.05) is 42.3 Å². The van der Waals surface area contributed by atoms with Crippen LogP contribution in [-0.2, 0) is 10.0 Å². The molecule has 0 aromatic heterocycles. The first-order valence-electron chi connectivity index (χ1n) is 10.8. The number of nitrogens with one attached hydrogen (secondary N) is 1. The van der Waals surface area contributed by atoms with E-state index in [9.17, 15) is 18.3 Å². The van der Waals surface area contributed by atoms with Crippen molar-refractivity contribution in [2.45, 2.75) is 30.6 Å². The van der Waals surface area contributed by atoms with E-state index in [1.807, 2.05) is 0 Å². The van der Waals surface area contributed by atoms with Gasteiger partial charge in [0.1, 0.15) is 0 Å². The van der Waals surface area contributed by atoms with Crippen LogP contribution >= 0.6 is 0 Å². The van der Waals surface area contributed by atoms with Crippen LogP contribution in [0.25, 0.3) is 0 Å². The Balaban J connectivity index is 1.52. The third-order valence-electron chi connectivity index (χ3n) is 6.11. The van der Waals surface area contributed by atoms with Gasteiger partial charge in [-0.2, -0.15) is 0 Å². The zero-order valence-corrected chi connectivity index (χ0v) is 18.4. The summed E-state index contributed by atoms with van der Waals surface area (Å²) in [4.78, 5) is 16.8. The molecule has 8 heteroatoms. The molecule has 7 nitrogen and oxygen atoms in total. The molecule has 0 bridgehead atoms. The van der Waals surface area contributed by atoms with E-state index >= 15 is 0 Å². The molecule has 0 spiro atoms. The number of rotatable bonds is 7. The molecule has 4 rings (SSSR count). The summed E-state index contributed by atoms with van der Waals surface area (Å²) >= 11 is 0. The summed E-state index contributed by atoms with van der Waals surface area (Å²) in [5, 5.41) is 9.82. The van der Waals surface area contributed by atoms with Gasteiger partial charge in [-0.15, -0.1) is 0 Å². The van der Waals surface area contributed by atoms with Crippen molar-refractivity contribution < 1.29 is 18.3 Å². The molecule has 2 aromatic carbocycles. The molecule has 0 aliphatic carbocycles. The number of piperidine rings is 1. The van der Waals surface area contributed by atoms with Gasteiger partial charge >= 0.3 is 5.97 Å². The molecule has 2 N–H and O–H groups in total. The number of nitrogens with zero attached hydrogens (tertiary/aromatic N) is 2. The second-order valence-corrected chi connectivity index (χ2v) is 10.1. The van der Waals surface area contributed by atoms with E-state index in [-0.39, 0.29) is 16.1 Å². The minimum Gasteiger partial charge on any atom is -0.478 e. The first-order valence-corrected chi connectivity index (χ1v) is 12.3. The van der Waals surface area contributed by atoms with Crippen LogP contribution in [0.1, 0.15) is 36.0 Å². The molecule has 2 aliphatic rings. The Morgan fingerprint density at radius 2 is 1.77 bits per heavy atom. The number of anilines is 2. The zero-order chi connectivity index (χ0) is 21.8. The second kappa shape index (κ2) is 9.28. The van der Waals surface area contributed by atoms with Crippen molar-refractivity contribution in [1.29, 1.82) is 0 Å². The monoisotopic (exact) mass is 443 g/mol. The van der Waals surface area contributed by atoms with Gasteiger partial charge in [0.05, 0.1) is 16.1 Å². The lowest BCUT2D eigenvalue weighted by atomic mass is 9.96. The summed E-state index contributed by atoms with van der Waals surface area (Å²) in [7, 11) is -3.78. The van der Waals surface area contributed by atoms with E-state index in [0.717, 1.165) is 45.6 Å². The summed E-state index contributed by atoms with van der Waals surface area (Å²) in [6.45, 7) is 5.02. The van der Waals surface area contributed by atoms with Crippen molar-refractivity contribution in [3.8, 4) is 0 Å². The van der Waals surface area contributed by atoms with Crippen molar-refractivity contribution in [2.24, 2.45) is 5.92 Å². The molecule has 2 aromatic rings. The summed E-state index contributed by atoms with van der Waals surface area (Å²) in [6, 6.07) is 12.8. The van der Waals surface area contributed by atoms with Gasteiger partial charge in [-0.1, -0.05) is 18.2 Å². The van der Waals surface area contributed by atoms with Crippen LogP contribution in [0.3, 0.4) is 0 Å². The van der Waals surface area contributed by atoms with E-state index in [1.54, 1.807) is 30.3 Å². The molecule has 31 heavy (non-hydrogen) atoms. The van der Waals surface area contributed by atoms with Gasteiger partial charge in [0.15, 0.2) is 0 Å². The van der Waals surface area contributed by atoms with E-state index in [1.165, 1.54) is 31.0 Å². The van der Waals surface area contributed by atoms with E-state index in [2.05, 4.69) is 14.5 Å². The quantitative estimate of drug-likeness (QED) is 0.681. The molecule has 1 atom stereocenters. The maximum Gasteiger partial charge on any atom is 0.337 e. The fourth-order valence-electron chi connectivity index (χ4n) is 4.62. The average Bonchev–Trinajstić information content (AvgIpc) is 3.27. The Morgan fingerprint density at radius 1 is 1.03 bits per heavy atom. The number of hydrogen-bond donors (Lipinski definition) is 2. The van der Waals surface area contributed by atoms with Crippen LogP contribution < -0.4 is 9.62 Å². The Labute approximate surface area is 183 Å². The van der Waals surface area contributed by atoms with E-state index < -0.39 is 16.0 Å². The number of hydrogen-bond acceptors (Lipinski definition) is 5. The number of benzene rings is 2. The number of carbonyl (C=O) groups is 1. The van der Waals surface area contributed by atoms with Crippen LogP contribution in [0.5, 0.6) is 0 Å². The van der Waals surface area contributed by atoms with Gasteiger partial charge in [0.25, 0.3) is 10.0 Å². The highest BCUT2D eigenvalue weighted by Crippen LogP contribution is 2.30. The number of carboxylic acids is 1. The average molecular weight is 444 g/mol. The predicted octanol–water partition coefficient (Wildman–Crippen LogP) is 3.50.